The third kappa shape index (κ3) is 4.80. The molecule has 35 heavy (non-hydrogen) atoms. The van der Waals surface area contributed by atoms with E-state index in [1.165, 1.54) is 7.05 Å². The van der Waals surface area contributed by atoms with Crippen LogP contribution in [0.1, 0.15) is 39.7 Å². The fourth-order valence-corrected chi connectivity index (χ4v) is 4.97. The lowest BCUT2D eigenvalue weighted by atomic mass is 10.0. The third-order valence-corrected chi connectivity index (χ3v) is 7.17. The zero-order valence-corrected chi connectivity index (χ0v) is 21.6. The number of carbonyl (C=O) groups excluding carboxylic acids is 1. The van der Waals surface area contributed by atoms with Gasteiger partial charge in [0.05, 0.1) is 16.8 Å². The Labute approximate surface area is 208 Å². The molecule has 0 saturated heterocycles. The first-order chi connectivity index (χ1) is 16.7. The van der Waals surface area contributed by atoms with Crippen molar-refractivity contribution in [3.8, 4) is 0 Å². The standard InChI is InChI=1S/C27H31N3O4S/c1-6-18(4)26(32)34-35-25-23-22(30(14-17(2)3)27(33)28(5)24(23)31)16-29(25)15-20-12-9-11-19-10-7-8-13-21(19)20/h7-13,16-18H,6,14-15H2,1-5H3. The lowest BCUT2D eigenvalue weighted by Gasteiger charge is -2.12. The predicted octanol–water partition coefficient (Wildman–Crippen LogP) is 4.96. The highest BCUT2D eigenvalue weighted by atomic mass is 32.2. The molecular weight excluding hydrogens is 462 g/mol. The Morgan fingerprint density at radius 1 is 1.06 bits per heavy atom. The van der Waals surface area contributed by atoms with E-state index in [4.69, 9.17) is 4.18 Å². The van der Waals surface area contributed by atoms with Gasteiger partial charge in [0.25, 0.3) is 5.56 Å². The summed E-state index contributed by atoms with van der Waals surface area (Å²) in [5.41, 5.74) is 0.859. The topological polar surface area (TPSA) is 75.2 Å². The number of nitrogens with zero attached hydrogens (tertiary/aromatic N) is 3. The minimum absolute atomic E-state index is 0.203. The number of benzene rings is 2. The summed E-state index contributed by atoms with van der Waals surface area (Å²) in [4.78, 5) is 38.8. The van der Waals surface area contributed by atoms with Crippen molar-refractivity contribution < 1.29 is 8.98 Å². The zero-order valence-electron chi connectivity index (χ0n) is 20.8. The molecule has 8 heteroatoms. The quantitative estimate of drug-likeness (QED) is 0.325. The summed E-state index contributed by atoms with van der Waals surface area (Å²) in [5, 5.41) is 3.12. The molecular formula is C27H31N3O4S. The molecule has 7 nitrogen and oxygen atoms in total. The van der Waals surface area contributed by atoms with Crippen molar-refractivity contribution in [2.75, 3.05) is 0 Å². The maximum absolute atomic E-state index is 13.3. The van der Waals surface area contributed by atoms with Crippen LogP contribution in [0, 0.1) is 11.8 Å². The van der Waals surface area contributed by atoms with E-state index in [0.29, 0.717) is 35.4 Å². The summed E-state index contributed by atoms with van der Waals surface area (Å²) in [5.74, 6) is -0.387. The van der Waals surface area contributed by atoms with Crippen LogP contribution in [0.2, 0.25) is 0 Å². The SMILES string of the molecule is CCC(C)C(=O)OSc1c2c(=O)n(C)c(=O)n(CC(C)C)c2cn1Cc1cccc2ccccc12. The van der Waals surface area contributed by atoms with Crippen LogP contribution >= 0.6 is 12.0 Å². The van der Waals surface area contributed by atoms with Crippen molar-refractivity contribution in [3.05, 3.63) is 75.1 Å². The third-order valence-electron chi connectivity index (χ3n) is 6.32. The van der Waals surface area contributed by atoms with E-state index < -0.39 is 5.56 Å². The van der Waals surface area contributed by atoms with Gasteiger partial charge in [0.1, 0.15) is 17.1 Å². The second kappa shape index (κ2) is 10.2. The van der Waals surface area contributed by atoms with Crippen molar-refractivity contribution >= 4 is 39.7 Å². The number of rotatable bonds is 8. The van der Waals surface area contributed by atoms with Crippen LogP contribution in [-0.4, -0.2) is 19.7 Å². The van der Waals surface area contributed by atoms with Gasteiger partial charge in [-0.1, -0.05) is 70.2 Å². The molecule has 4 rings (SSSR count). The van der Waals surface area contributed by atoms with E-state index in [1.54, 1.807) is 4.57 Å². The first-order valence-electron chi connectivity index (χ1n) is 11.9. The first-order valence-corrected chi connectivity index (χ1v) is 12.6. The first kappa shape index (κ1) is 24.9. The molecule has 1 atom stereocenters. The normalized spacial score (nSPS) is 12.5. The van der Waals surface area contributed by atoms with Crippen LogP contribution in [0.15, 0.2) is 63.3 Å². The maximum atomic E-state index is 13.3. The Kier molecular flexibility index (Phi) is 7.21. The Bertz CT molecular complexity index is 1510. The van der Waals surface area contributed by atoms with E-state index in [-0.39, 0.29) is 23.5 Å². The summed E-state index contributed by atoms with van der Waals surface area (Å²) in [6, 6.07) is 14.2. The smallest absolute Gasteiger partial charge is 0.331 e. The van der Waals surface area contributed by atoms with E-state index in [1.807, 2.05) is 62.7 Å². The number of aromatic nitrogens is 3. The van der Waals surface area contributed by atoms with Gasteiger partial charge in [0.2, 0.25) is 0 Å². The Morgan fingerprint density at radius 2 is 1.77 bits per heavy atom. The average Bonchev–Trinajstić information content (AvgIpc) is 3.21. The monoisotopic (exact) mass is 493 g/mol. The van der Waals surface area contributed by atoms with Crippen LogP contribution in [0.5, 0.6) is 0 Å². The van der Waals surface area contributed by atoms with Crippen molar-refractivity contribution in [2.45, 2.75) is 52.2 Å². The van der Waals surface area contributed by atoms with Gasteiger partial charge in [-0.25, -0.2) is 4.79 Å². The fraction of sp³-hybridized carbons (Fsp3) is 0.370. The van der Waals surface area contributed by atoms with E-state index in [0.717, 1.165) is 32.9 Å². The molecule has 0 aliphatic carbocycles. The van der Waals surface area contributed by atoms with E-state index >= 15 is 0 Å². The van der Waals surface area contributed by atoms with Gasteiger partial charge in [0.15, 0.2) is 0 Å². The van der Waals surface area contributed by atoms with Crippen molar-refractivity contribution in [2.24, 2.45) is 18.9 Å². The van der Waals surface area contributed by atoms with Crippen molar-refractivity contribution in [1.82, 2.24) is 13.7 Å². The molecule has 0 aliphatic heterocycles. The highest BCUT2D eigenvalue weighted by Gasteiger charge is 2.23. The maximum Gasteiger partial charge on any atom is 0.331 e. The molecule has 1 unspecified atom stereocenters. The summed E-state index contributed by atoms with van der Waals surface area (Å²) >= 11 is 0.901. The predicted molar refractivity (Wildman–Crippen MR) is 141 cm³/mol. The molecule has 0 saturated carbocycles. The van der Waals surface area contributed by atoms with Gasteiger partial charge in [-0.05, 0) is 28.7 Å². The lowest BCUT2D eigenvalue weighted by molar-refractivity contribution is -0.137. The summed E-state index contributed by atoms with van der Waals surface area (Å²) in [7, 11) is 1.49. The molecule has 0 radical (unpaired) electrons. The largest absolute Gasteiger partial charge is 0.384 e. The molecule has 0 N–H and O–H groups in total. The second-order valence-corrected chi connectivity index (χ2v) is 10.1. The Morgan fingerprint density at radius 3 is 2.49 bits per heavy atom. The van der Waals surface area contributed by atoms with Crippen LogP contribution in [0.25, 0.3) is 21.7 Å². The zero-order chi connectivity index (χ0) is 25.3. The summed E-state index contributed by atoms with van der Waals surface area (Å²) in [6.07, 6.45) is 2.49. The van der Waals surface area contributed by atoms with E-state index in [2.05, 4.69) is 18.2 Å². The van der Waals surface area contributed by atoms with Gasteiger partial charge in [0, 0.05) is 26.3 Å². The number of hydrogen-bond donors (Lipinski definition) is 0. The number of fused-ring (bicyclic) bond motifs is 2. The fourth-order valence-electron chi connectivity index (χ4n) is 4.16. The highest BCUT2D eigenvalue weighted by molar-refractivity contribution is 7.95. The molecule has 2 heterocycles. The Hall–Kier alpha value is -3.26. The molecule has 0 bridgehead atoms. The van der Waals surface area contributed by atoms with Crippen molar-refractivity contribution in [1.29, 1.82) is 0 Å². The summed E-state index contributed by atoms with van der Waals surface area (Å²) < 4.78 is 10.3. The van der Waals surface area contributed by atoms with Gasteiger partial charge < -0.3 is 8.75 Å². The average molecular weight is 494 g/mol. The van der Waals surface area contributed by atoms with Gasteiger partial charge >= 0.3 is 11.7 Å². The summed E-state index contributed by atoms with van der Waals surface area (Å²) in [6.45, 7) is 8.72. The lowest BCUT2D eigenvalue weighted by Crippen LogP contribution is -2.38. The minimum atomic E-state index is -0.399. The molecule has 4 aromatic rings. The van der Waals surface area contributed by atoms with Crippen LogP contribution < -0.4 is 11.2 Å². The number of hydrogen-bond acceptors (Lipinski definition) is 5. The highest BCUT2D eigenvalue weighted by Crippen LogP contribution is 2.31. The van der Waals surface area contributed by atoms with Crippen LogP contribution in [0.4, 0.5) is 0 Å². The Balaban J connectivity index is 1.92. The molecule has 0 amide bonds. The second-order valence-electron chi connectivity index (χ2n) is 9.41. The molecule has 2 aromatic heterocycles. The molecule has 2 aromatic carbocycles. The number of carbonyl (C=O) groups is 1. The van der Waals surface area contributed by atoms with E-state index in [9.17, 15) is 14.4 Å². The van der Waals surface area contributed by atoms with Gasteiger partial charge in [-0.15, -0.1) is 0 Å². The van der Waals surface area contributed by atoms with Crippen LogP contribution in [0.3, 0.4) is 0 Å². The van der Waals surface area contributed by atoms with Crippen LogP contribution in [-0.2, 0) is 29.1 Å². The molecule has 0 fully saturated rings. The molecule has 184 valence electrons. The van der Waals surface area contributed by atoms with Gasteiger partial charge in [-0.2, -0.15) is 0 Å². The minimum Gasteiger partial charge on any atom is -0.384 e. The van der Waals surface area contributed by atoms with Gasteiger partial charge in [-0.3, -0.25) is 18.7 Å². The molecule has 0 aliphatic rings. The molecule has 0 spiro atoms. The van der Waals surface area contributed by atoms with Crippen molar-refractivity contribution in [3.63, 3.8) is 0 Å².